The average Bonchev–Trinajstić information content (AvgIpc) is 2.57. The number of carbonyl (C=O) groups excluding carboxylic acids is 1. The summed E-state index contributed by atoms with van der Waals surface area (Å²) >= 11 is 0. The highest BCUT2D eigenvalue weighted by atomic mass is 16.1. The molecule has 114 valence electrons. The molecule has 0 fully saturated rings. The zero-order chi connectivity index (χ0) is 16.1. The summed E-state index contributed by atoms with van der Waals surface area (Å²) in [5.41, 5.74) is 2.38. The van der Waals surface area contributed by atoms with Crippen LogP contribution in [-0.4, -0.2) is 21.0 Å². The van der Waals surface area contributed by atoms with Crippen LogP contribution in [0, 0.1) is 0 Å². The maximum Gasteiger partial charge on any atom is 0.249 e. The van der Waals surface area contributed by atoms with Gasteiger partial charge in [0.2, 0.25) is 5.95 Å². The van der Waals surface area contributed by atoms with Gasteiger partial charge in [-0.25, -0.2) is 0 Å². The normalized spacial score (nSPS) is 10.1. The molecular formula is C17H15N5O. The minimum Gasteiger partial charge on any atom is -0.339 e. The van der Waals surface area contributed by atoms with Crippen LogP contribution in [0.25, 0.3) is 0 Å². The van der Waals surface area contributed by atoms with E-state index in [-0.39, 0.29) is 5.78 Å². The molecule has 0 saturated heterocycles. The maximum absolute atomic E-state index is 11.3. The number of Topliss-reactive ketones (excluding diaryl/α,β-unsaturated/α-hetero) is 1. The second kappa shape index (κ2) is 6.65. The first-order valence-electron chi connectivity index (χ1n) is 7.10. The van der Waals surface area contributed by atoms with E-state index in [4.69, 9.17) is 0 Å². The van der Waals surface area contributed by atoms with E-state index in [0.717, 1.165) is 11.4 Å². The molecule has 0 aliphatic rings. The van der Waals surface area contributed by atoms with E-state index < -0.39 is 0 Å². The fourth-order valence-corrected chi connectivity index (χ4v) is 2.00. The zero-order valence-electron chi connectivity index (χ0n) is 12.5. The molecule has 6 heteroatoms. The van der Waals surface area contributed by atoms with Crippen molar-refractivity contribution in [1.29, 1.82) is 0 Å². The Hall–Kier alpha value is -3.28. The second-order valence-electron chi connectivity index (χ2n) is 4.91. The third-order valence-electron chi connectivity index (χ3n) is 3.15. The van der Waals surface area contributed by atoms with Gasteiger partial charge in [-0.1, -0.05) is 18.2 Å². The van der Waals surface area contributed by atoms with Crippen LogP contribution in [0.2, 0.25) is 0 Å². The van der Waals surface area contributed by atoms with E-state index in [1.54, 1.807) is 12.1 Å². The quantitative estimate of drug-likeness (QED) is 0.702. The molecule has 1 aromatic heterocycles. The largest absolute Gasteiger partial charge is 0.339 e. The van der Waals surface area contributed by atoms with Crippen molar-refractivity contribution in [2.75, 3.05) is 10.6 Å². The van der Waals surface area contributed by atoms with Gasteiger partial charge in [0.15, 0.2) is 11.6 Å². The number of ketones is 1. The summed E-state index contributed by atoms with van der Waals surface area (Å²) in [6.07, 6.45) is 1.54. The molecular weight excluding hydrogens is 290 g/mol. The first-order valence-corrected chi connectivity index (χ1v) is 7.10. The number of anilines is 4. The molecule has 0 aliphatic heterocycles. The summed E-state index contributed by atoms with van der Waals surface area (Å²) in [6.45, 7) is 1.54. The average molecular weight is 305 g/mol. The van der Waals surface area contributed by atoms with E-state index in [1.165, 1.54) is 13.1 Å². The summed E-state index contributed by atoms with van der Waals surface area (Å²) in [5, 5.41) is 14.1. The Morgan fingerprint density at radius 1 is 0.913 bits per heavy atom. The maximum atomic E-state index is 11.3. The molecule has 0 radical (unpaired) electrons. The molecule has 0 amide bonds. The highest BCUT2D eigenvalue weighted by Gasteiger charge is 2.03. The van der Waals surface area contributed by atoms with Crippen LogP contribution in [0.5, 0.6) is 0 Å². The predicted octanol–water partition coefficient (Wildman–Crippen LogP) is 3.56. The Labute approximate surface area is 133 Å². The number of nitrogens with zero attached hydrogens (tertiary/aromatic N) is 3. The van der Waals surface area contributed by atoms with Gasteiger partial charge in [0.05, 0.1) is 6.20 Å². The molecule has 23 heavy (non-hydrogen) atoms. The fourth-order valence-electron chi connectivity index (χ4n) is 2.00. The first-order chi connectivity index (χ1) is 11.2. The lowest BCUT2D eigenvalue weighted by Gasteiger charge is -2.08. The van der Waals surface area contributed by atoms with E-state index in [1.807, 2.05) is 42.5 Å². The fraction of sp³-hybridized carbons (Fsp3) is 0.0588. The topological polar surface area (TPSA) is 79.8 Å². The summed E-state index contributed by atoms with van der Waals surface area (Å²) in [6, 6.07) is 16.8. The number of carbonyl (C=O) groups is 1. The van der Waals surface area contributed by atoms with Crippen molar-refractivity contribution >= 4 is 28.9 Å². The van der Waals surface area contributed by atoms with Gasteiger partial charge >= 0.3 is 0 Å². The van der Waals surface area contributed by atoms with Crippen molar-refractivity contribution in [3.05, 3.63) is 66.4 Å². The van der Waals surface area contributed by atoms with Gasteiger partial charge in [-0.2, -0.15) is 10.1 Å². The van der Waals surface area contributed by atoms with E-state index in [9.17, 15) is 4.79 Å². The van der Waals surface area contributed by atoms with Crippen molar-refractivity contribution in [1.82, 2.24) is 15.2 Å². The summed E-state index contributed by atoms with van der Waals surface area (Å²) in [5.74, 6) is 1.00. The highest BCUT2D eigenvalue weighted by molar-refractivity contribution is 5.94. The van der Waals surface area contributed by atoms with Gasteiger partial charge in [0.1, 0.15) is 0 Å². The summed E-state index contributed by atoms with van der Waals surface area (Å²) in [4.78, 5) is 15.6. The van der Waals surface area contributed by atoms with Crippen LogP contribution in [0.15, 0.2) is 60.8 Å². The Kier molecular flexibility index (Phi) is 4.24. The lowest BCUT2D eigenvalue weighted by molar-refractivity contribution is 0.101. The molecule has 3 rings (SSSR count). The standard InChI is InChI=1S/C17H15N5O/c1-12(23)13-7-9-15(10-8-13)19-16-11-18-22-17(21-16)20-14-5-3-2-4-6-14/h2-11H,1H3,(H2,19,20,21,22). The van der Waals surface area contributed by atoms with E-state index in [0.29, 0.717) is 17.3 Å². The Morgan fingerprint density at radius 3 is 2.30 bits per heavy atom. The smallest absolute Gasteiger partial charge is 0.249 e. The van der Waals surface area contributed by atoms with Gasteiger partial charge in [-0.3, -0.25) is 4.79 Å². The molecule has 3 aromatic rings. The molecule has 2 N–H and O–H groups in total. The number of rotatable bonds is 5. The lowest BCUT2D eigenvalue weighted by atomic mass is 10.1. The number of hydrogen-bond donors (Lipinski definition) is 2. The van der Waals surface area contributed by atoms with Crippen LogP contribution < -0.4 is 10.6 Å². The van der Waals surface area contributed by atoms with Crippen LogP contribution in [0.1, 0.15) is 17.3 Å². The SMILES string of the molecule is CC(=O)c1ccc(Nc2cnnc(Nc3ccccc3)n2)cc1. The van der Waals surface area contributed by atoms with Crippen molar-refractivity contribution in [3.63, 3.8) is 0 Å². The molecule has 1 heterocycles. The predicted molar refractivity (Wildman–Crippen MR) is 89.3 cm³/mol. The van der Waals surface area contributed by atoms with Crippen LogP contribution in [-0.2, 0) is 0 Å². The minimum atomic E-state index is 0.0367. The number of para-hydroxylation sites is 1. The van der Waals surface area contributed by atoms with Gasteiger partial charge in [-0.15, -0.1) is 5.10 Å². The van der Waals surface area contributed by atoms with Gasteiger partial charge in [0, 0.05) is 16.9 Å². The monoisotopic (exact) mass is 305 g/mol. The number of hydrogen-bond acceptors (Lipinski definition) is 6. The van der Waals surface area contributed by atoms with Crippen LogP contribution in [0.3, 0.4) is 0 Å². The van der Waals surface area contributed by atoms with Crippen molar-refractivity contribution in [2.45, 2.75) is 6.92 Å². The van der Waals surface area contributed by atoms with Crippen LogP contribution in [0.4, 0.5) is 23.1 Å². The molecule has 0 spiro atoms. The van der Waals surface area contributed by atoms with Gasteiger partial charge < -0.3 is 10.6 Å². The molecule has 0 bridgehead atoms. The highest BCUT2D eigenvalue weighted by Crippen LogP contribution is 2.17. The van der Waals surface area contributed by atoms with E-state index in [2.05, 4.69) is 25.8 Å². The molecule has 0 aliphatic carbocycles. The Morgan fingerprint density at radius 2 is 1.61 bits per heavy atom. The molecule has 0 saturated carbocycles. The Bertz CT molecular complexity index is 803. The third kappa shape index (κ3) is 3.88. The molecule has 0 unspecified atom stereocenters. The van der Waals surface area contributed by atoms with Gasteiger partial charge in [0.25, 0.3) is 0 Å². The van der Waals surface area contributed by atoms with Crippen molar-refractivity contribution in [3.8, 4) is 0 Å². The molecule has 2 aromatic carbocycles. The molecule has 6 nitrogen and oxygen atoms in total. The summed E-state index contributed by atoms with van der Waals surface area (Å²) in [7, 11) is 0. The number of nitrogens with one attached hydrogen (secondary N) is 2. The Balaban J connectivity index is 1.73. The third-order valence-corrected chi connectivity index (χ3v) is 3.15. The van der Waals surface area contributed by atoms with Crippen LogP contribution >= 0.6 is 0 Å². The van der Waals surface area contributed by atoms with Crippen molar-refractivity contribution < 1.29 is 4.79 Å². The number of benzene rings is 2. The lowest BCUT2D eigenvalue weighted by Crippen LogP contribution is -2.02. The zero-order valence-corrected chi connectivity index (χ0v) is 12.5. The number of aromatic nitrogens is 3. The van der Waals surface area contributed by atoms with Gasteiger partial charge in [-0.05, 0) is 43.3 Å². The van der Waals surface area contributed by atoms with E-state index >= 15 is 0 Å². The summed E-state index contributed by atoms with van der Waals surface area (Å²) < 4.78 is 0. The first kappa shape index (κ1) is 14.6. The minimum absolute atomic E-state index is 0.0367. The second-order valence-corrected chi connectivity index (χ2v) is 4.91. The van der Waals surface area contributed by atoms with Crippen molar-refractivity contribution in [2.24, 2.45) is 0 Å². The molecule has 0 atom stereocenters.